The SMILES string of the molecule is CC[C@H](C)NC(=O)C(=O)Nc1ccc(Br)cc1C. The molecule has 0 unspecified atom stereocenters. The maximum Gasteiger partial charge on any atom is 0.313 e. The number of carbonyl (C=O) groups is 2. The van der Waals surface area contributed by atoms with Crippen molar-refractivity contribution in [3.63, 3.8) is 0 Å². The number of benzene rings is 1. The van der Waals surface area contributed by atoms with E-state index in [9.17, 15) is 9.59 Å². The smallest absolute Gasteiger partial charge is 0.313 e. The fourth-order valence-electron chi connectivity index (χ4n) is 1.34. The molecule has 1 aromatic carbocycles. The molecule has 0 heterocycles. The van der Waals surface area contributed by atoms with Gasteiger partial charge in [-0.25, -0.2) is 0 Å². The van der Waals surface area contributed by atoms with Crippen molar-refractivity contribution >= 4 is 33.4 Å². The highest BCUT2D eigenvalue weighted by Crippen LogP contribution is 2.19. The molecule has 0 saturated heterocycles. The summed E-state index contributed by atoms with van der Waals surface area (Å²) in [4.78, 5) is 23.2. The first-order valence-electron chi connectivity index (χ1n) is 5.82. The van der Waals surface area contributed by atoms with E-state index in [1.807, 2.05) is 32.9 Å². The lowest BCUT2D eigenvalue weighted by molar-refractivity contribution is -0.136. The van der Waals surface area contributed by atoms with Gasteiger partial charge < -0.3 is 10.6 Å². The molecule has 0 aliphatic rings. The van der Waals surface area contributed by atoms with Crippen molar-refractivity contribution in [3.05, 3.63) is 28.2 Å². The Morgan fingerprint density at radius 3 is 2.56 bits per heavy atom. The molecule has 0 bridgehead atoms. The second-order valence-corrected chi connectivity index (χ2v) is 5.11. The van der Waals surface area contributed by atoms with Crippen LogP contribution in [0.1, 0.15) is 25.8 Å². The van der Waals surface area contributed by atoms with Crippen LogP contribution in [0, 0.1) is 6.92 Å². The number of halogens is 1. The van der Waals surface area contributed by atoms with Crippen LogP contribution >= 0.6 is 15.9 Å². The molecule has 4 nitrogen and oxygen atoms in total. The van der Waals surface area contributed by atoms with E-state index in [-0.39, 0.29) is 6.04 Å². The van der Waals surface area contributed by atoms with Crippen molar-refractivity contribution in [2.24, 2.45) is 0 Å². The first-order chi connectivity index (χ1) is 8.43. The van der Waals surface area contributed by atoms with Gasteiger partial charge >= 0.3 is 11.8 Å². The van der Waals surface area contributed by atoms with Gasteiger partial charge in [-0.2, -0.15) is 0 Å². The molecular weight excluding hydrogens is 296 g/mol. The minimum Gasteiger partial charge on any atom is -0.345 e. The Balaban J connectivity index is 2.67. The molecule has 18 heavy (non-hydrogen) atoms. The van der Waals surface area contributed by atoms with Crippen molar-refractivity contribution in [1.82, 2.24) is 5.32 Å². The molecular formula is C13H17BrN2O2. The second-order valence-electron chi connectivity index (χ2n) is 4.20. The summed E-state index contributed by atoms with van der Waals surface area (Å²) in [6.45, 7) is 5.67. The van der Waals surface area contributed by atoms with Crippen molar-refractivity contribution in [1.29, 1.82) is 0 Å². The van der Waals surface area contributed by atoms with Gasteiger partial charge in [-0.1, -0.05) is 22.9 Å². The molecule has 2 amide bonds. The molecule has 0 aliphatic carbocycles. The Kier molecular flexibility index (Phi) is 5.34. The van der Waals surface area contributed by atoms with Gasteiger partial charge in [-0.05, 0) is 44.0 Å². The summed E-state index contributed by atoms with van der Waals surface area (Å²) in [6.07, 6.45) is 0.788. The van der Waals surface area contributed by atoms with E-state index in [4.69, 9.17) is 0 Å². The molecule has 0 fully saturated rings. The highest BCUT2D eigenvalue weighted by Gasteiger charge is 2.16. The Bertz CT molecular complexity index is 460. The Labute approximate surface area is 115 Å². The lowest BCUT2D eigenvalue weighted by atomic mass is 10.2. The lowest BCUT2D eigenvalue weighted by Gasteiger charge is -2.12. The Morgan fingerprint density at radius 2 is 2.00 bits per heavy atom. The Hall–Kier alpha value is -1.36. The number of nitrogens with one attached hydrogen (secondary N) is 2. The van der Waals surface area contributed by atoms with Crippen molar-refractivity contribution in [2.75, 3.05) is 5.32 Å². The van der Waals surface area contributed by atoms with Crippen molar-refractivity contribution in [2.45, 2.75) is 33.2 Å². The van der Waals surface area contributed by atoms with E-state index < -0.39 is 11.8 Å². The van der Waals surface area contributed by atoms with Crippen LogP contribution in [0.5, 0.6) is 0 Å². The van der Waals surface area contributed by atoms with Crippen LogP contribution < -0.4 is 10.6 Å². The van der Waals surface area contributed by atoms with Gasteiger partial charge in [-0.15, -0.1) is 0 Å². The van der Waals surface area contributed by atoms with Gasteiger partial charge in [0.2, 0.25) is 0 Å². The van der Waals surface area contributed by atoms with E-state index in [0.29, 0.717) is 5.69 Å². The first kappa shape index (κ1) is 14.7. The lowest BCUT2D eigenvalue weighted by Crippen LogP contribution is -2.40. The summed E-state index contributed by atoms with van der Waals surface area (Å²) in [6, 6.07) is 5.44. The number of anilines is 1. The van der Waals surface area contributed by atoms with E-state index in [1.54, 1.807) is 6.07 Å². The molecule has 2 N–H and O–H groups in total. The maximum atomic E-state index is 11.7. The van der Waals surface area contributed by atoms with Crippen LogP contribution in [0.15, 0.2) is 22.7 Å². The molecule has 1 rings (SSSR count). The zero-order chi connectivity index (χ0) is 13.7. The largest absolute Gasteiger partial charge is 0.345 e. The molecule has 98 valence electrons. The van der Waals surface area contributed by atoms with Crippen LogP contribution in [0.3, 0.4) is 0 Å². The van der Waals surface area contributed by atoms with E-state index in [0.717, 1.165) is 16.5 Å². The molecule has 1 atom stereocenters. The third-order valence-electron chi connectivity index (χ3n) is 2.63. The number of rotatable bonds is 3. The first-order valence-corrected chi connectivity index (χ1v) is 6.61. The number of hydrogen-bond donors (Lipinski definition) is 2. The van der Waals surface area contributed by atoms with Crippen LogP contribution in [0.4, 0.5) is 5.69 Å². The number of carbonyl (C=O) groups excluding carboxylic acids is 2. The summed E-state index contributed by atoms with van der Waals surface area (Å²) in [5.41, 5.74) is 1.54. The van der Waals surface area contributed by atoms with Gasteiger partial charge in [0, 0.05) is 16.2 Å². The molecule has 5 heteroatoms. The van der Waals surface area contributed by atoms with Gasteiger partial charge in [-0.3, -0.25) is 9.59 Å². The quantitative estimate of drug-likeness (QED) is 0.843. The van der Waals surface area contributed by atoms with Crippen LogP contribution in [0.25, 0.3) is 0 Å². The standard InChI is InChI=1S/C13H17BrN2O2/c1-4-9(3)15-12(17)13(18)16-11-6-5-10(14)7-8(11)2/h5-7,9H,4H2,1-3H3,(H,15,17)(H,16,18)/t9-/m0/s1. The average molecular weight is 313 g/mol. The Morgan fingerprint density at radius 1 is 1.33 bits per heavy atom. The fourth-order valence-corrected chi connectivity index (χ4v) is 1.81. The fraction of sp³-hybridized carbons (Fsp3) is 0.385. The number of aryl methyl sites for hydroxylation is 1. The minimum atomic E-state index is -0.638. The summed E-state index contributed by atoms with van der Waals surface area (Å²) in [5.74, 6) is -1.24. The molecule has 0 saturated carbocycles. The van der Waals surface area contributed by atoms with Gasteiger partial charge in [0.25, 0.3) is 0 Å². The number of hydrogen-bond acceptors (Lipinski definition) is 2. The zero-order valence-electron chi connectivity index (χ0n) is 10.7. The minimum absolute atomic E-state index is 0.00531. The second kappa shape index (κ2) is 6.54. The van der Waals surface area contributed by atoms with Crippen LogP contribution in [-0.4, -0.2) is 17.9 Å². The predicted octanol–water partition coefficient (Wildman–Crippen LogP) is 2.61. The highest BCUT2D eigenvalue weighted by molar-refractivity contribution is 9.10. The number of amides is 2. The van der Waals surface area contributed by atoms with Crippen LogP contribution in [0.2, 0.25) is 0 Å². The third kappa shape index (κ3) is 4.14. The highest BCUT2D eigenvalue weighted by atomic mass is 79.9. The zero-order valence-corrected chi connectivity index (χ0v) is 12.3. The topological polar surface area (TPSA) is 58.2 Å². The predicted molar refractivity (Wildman–Crippen MR) is 75.4 cm³/mol. The molecule has 0 aromatic heterocycles. The van der Waals surface area contributed by atoms with E-state index in [1.165, 1.54) is 0 Å². The van der Waals surface area contributed by atoms with Crippen LogP contribution in [-0.2, 0) is 9.59 Å². The summed E-state index contributed by atoms with van der Waals surface area (Å²) in [5, 5.41) is 5.22. The molecule has 0 radical (unpaired) electrons. The van der Waals surface area contributed by atoms with Gasteiger partial charge in [0.15, 0.2) is 0 Å². The summed E-state index contributed by atoms with van der Waals surface area (Å²) < 4.78 is 0.932. The normalized spacial score (nSPS) is 11.8. The van der Waals surface area contributed by atoms with Gasteiger partial charge in [0.1, 0.15) is 0 Å². The summed E-state index contributed by atoms with van der Waals surface area (Å²) >= 11 is 3.34. The monoisotopic (exact) mass is 312 g/mol. The third-order valence-corrected chi connectivity index (χ3v) is 3.13. The van der Waals surface area contributed by atoms with Gasteiger partial charge in [0.05, 0.1) is 0 Å². The molecule has 0 aliphatic heterocycles. The molecule has 1 aromatic rings. The maximum absolute atomic E-state index is 11.7. The van der Waals surface area contributed by atoms with Crippen molar-refractivity contribution < 1.29 is 9.59 Å². The van der Waals surface area contributed by atoms with E-state index >= 15 is 0 Å². The average Bonchev–Trinajstić information content (AvgIpc) is 2.32. The van der Waals surface area contributed by atoms with Crippen molar-refractivity contribution in [3.8, 4) is 0 Å². The molecule has 0 spiro atoms. The van der Waals surface area contributed by atoms with E-state index in [2.05, 4.69) is 26.6 Å². The summed E-state index contributed by atoms with van der Waals surface area (Å²) in [7, 11) is 0.